The van der Waals surface area contributed by atoms with Gasteiger partial charge in [-0.15, -0.1) is 0 Å². The van der Waals surface area contributed by atoms with E-state index in [9.17, 15) is 14.4 Å². The number of amides is 2. The molecule has 8 nitrogen and oxygen atoms in total. The molecule has 35 heavy (non-hydrogen) atoms. The number of hydrogen-bond acceptors (Lipinski definition) is 5. The van der Waals surface area contributed by atoms with Crippen LogP contribution in [0.25, 0.3) is 11.1 Å². The Kier molecular flexibility index (Phi) is 8.36. The normalized spacial score (nSPS) is 15.4. The van der Waals surface area contributed by atoms with Crippen molar-refractivity contribution in [1.82, 2.24) is 10.2 Å². The number of likely N-dealkylation sites (tertiary alicyclic amines) is 1. The molecule has 186 valence electrons. The van der Waals surface area contributed by atoms with Gasteiger partial charge in [-0.3, -0.25) is 4.79 Å². The number of alkyl carbamates (subject to hydrolysis) is 1. The third kappa shape index (κ3) is 6.39. The molecule has 8 heteroatoms. The number of ether oxygens (including phenoxy) is 2. The van der Waals surface area contributed by atoms with E-state index in [1.165, 1.54) is 22.3 Å². The van der Waals surface area contributed by atoms with Crippen molar-refractivity contribution in [3.63, 3.8) is 0 Å². The van der Waals surface area contributed by atoms with E-state index in [-0.39, 0.29) is 31.1 Å². The number of carboxylic acid groups (broad SMARTS) is 1. The SMILES string of the molecule is O=C(O)COC1CCN(C(=O)CCCCNC(=O)OCC2c3ccccc3-c3ccccc32)CC1. The molecule has 0 radical (unpaired) electrons. The Hall–Kier alpha value is -3.39. The molecule has 0 aromatic heterocycles. The second kappa shape index (κ2) is 11.8. The zero-order valence-electron chi connectivity index (χ0n) is 19.8. The molecule has 1 fully saturated rings. The molecule has 4 rings (SSSR count). The van der Waals surface area contributed by atoms with Crippen LogP contribution < -0.4 is 5.32 Å². The predicted molar refractivity (Wildman–Crippen MR) is 130 cm³/mol. The van der Waals surface area contributed by atoms with E-state index in [4.69, 9.17) is 14.6 Å². The standard InChI is InChI=1S/C27H32N2O6/c30-25(29-15-12-19(13-16-29)34-18-26(31)32)11-5-6-14-28-27(33)35-17-24-22-9-3-1-7-20(22)21-8-2-4-10-23(21)24/h1-4,7-10,19,24H,5-6,11-18H2,(H,28,33)(H,31,32). The van der Waals surface area contributed by atoms with Gasteiger partial charge in [-0.05, 0) is 47.9 Å². The number of carbonyl (C=O) groups excluding carboxylic acids is 2. The fourth-order valence-corrected chi connectivity index (χ4v) is 4.86. The number of fused-ring (bicyclic) bond motifs is 3. The summed E-state index contributed by atoms with van der Waals surface area (Å²) in [5.74, 6) is -0.859. The lowest BCUT2D eigenvalue weighted by Gasteiger charge is -2.31. The van der Waals surface area contributed by atoms with E-state index in [0.29, 0.717) is 51.7 Å². The van der Waals surface area contributed by atoms with Crippen molar-refractivity contribution in [2.75, 3.05) is 32.8 Å². The van der Waals surface area contributed by atoms with Gasteiger partial charge in [0.2, 0.25) is 5.91 Å². The predicted octanol–water partition coefficient (Wildman–Crippen LogP) is 3.79. The van der Waals surface area contributed by atoms with Crippen LogP contribution in [-0.2, 0) is 19.1 Å². The van der Waals surface area contributed by atoms with E-state index in [1.54, 1.807) is 4.90 Å². The minimum Gasteiger partial charge on any atom is -0.480 e. The summed E-state index contributed by atoms with van der Waals surface area (Å²) in [6, 6.07) is 16.4. The van der Waals surface area contributed by atoms with Crippen LogP contribution in [0.15, 0.2) is 48.5 Å². The summed E-state index contributed by atoms with van der Waals surface area (Å²) in [5, 5.41) is 11.5. The largest absolute Gasteiger partial charge is 0.480 e. The Morgan fingerprint density at radius 2 is 1.57 bits per heavy atom. The summed E-state index contributed by atoms with van der Waals surface area (Å²) >= 11 is 0. The second-order valence-electron chi connectivity index (χ2n) is 8.99. The minimum atomic E-state index is -0.977. The average molecular weight is 481 g/mol. The van der Waals surface area contributed by atoms with Crippen molar-refractivity contribution in [3.05, 3.63) is 59.7 Å². The van der Waals surface area contributed by atoms with E-state index >= 15 is 0 Å². The van der Waals surface area contributed by atoms with Crippen LogP contribution in [0.3, 0.4) is 0 Å². The smallest absolute Gasteiger partial charge is 0.407 e. The second-order valence-corrected chi connectivity index (χ2v) is 8.99. The van der Waals surface area contributed by atoms with Crippen molar-refractivity contribution < 1.29 is 29.0 Å². The Labute approximate surface area is 205 Å². The number of nitrogens with one attached hydrogen (secondary N) is 1. The number of unbranched alkanes of at least 4 members (excludes halogenated alkanes) is 1. The average Bonchev–Trinajstić information content (AvgIpc) is 3.20. The quantitative estimate of drug-likeness (QED) is 0.502. The summed E-state index contributed by atoms with van der Waals surface area (Å²) in [6.45, 7) is 1.61. The molecule has 1 aliphatic carbocycles. The molecule has 0 saturated carbocycles. The molecule has 2 aliphatic rings. The lowest BCUT2D eigenvalue weighted by atomic mass is 9.98. The number of carbonyl (C=O) groups is 3. The number of benzene rings is 2. The summed E-state index contributed by atoms with van der Waals surface area (Å²) in [4.78, 5) is 37.0. The van der Waals surface area contributed by atoms with Crippen molar-refractivity contribution in [2.45, 2.75) is 44.1 Å². The highest BCUT2D eigenvalue weighted by Gasteiger charge is 2.29. The van der Waals surface area contributed by atoms with Crippen LogP contribution >= 0.6 is 0 Å². The molecule has 1 aliphatic heterocycles. The molecule has 1 saturated heterocycles. The molecular formula is C27H32N2O6. The molecule has 2 aromatic carbocycles. The summed E-state index contributed by atoms with van der Waals surface area (Å²) in [6.07, 6.45) is 2.56. The van der Waals surface area contributed by atoms with Gasteiger partial charge >= 0.3 is 12.1 Å². The summed E-state index contributed by atoms with van der Waals surface area (Å²) < 4.78 is 10.8. The first-order chi connectivity index (χ1) is 17.0. The van der Waals surface area contributed by atoms with Crippen LogP contribution in [0.5, 0.6) is 0 Å². The first-order valence-corrected chi connectivity index (χ1v) is 12.2. The Morgan fingerprint density at radius 1 is 0.943 bits per heavy atom. The number of aliphatic carboxylic acids is 1. The minimum absolute atomic E-state index is 0.0319. The highest BCUT2D eigenvalue weighted by atomic mass is 16.5. The van der Waals surface area contributed by atoms with Gasteiger partial charge in [0, 0.05) is 32.0 Å². The molecular weight excluding hydrogens is 448 g/mol. The number of carboxylic acids is 1. The van der Waals surface area contributed by atoms with Gasteiger partial charge in [0.05, 0.1) is 6.10 Å². The van der Waals surface area contributed by atoms with E-state index < -0.39 is 12.1 Å². The molecule has 0 unspecified atom stereocenters. The Bertz CT molecular complexity index is 1000. The van der Waals surface area contributed by atoms with Crippen molar-refractivity contribution >= 4 is 18.0 Å². The molecule has 0 spiro atoms. The summed E-state index contributed by atoms with van der Waals surface area (Å²) in [5.41, 5.74) is 4.74. The molecule has 1 heterocycles. The number of nitrogens with zero attached hydrogens (tertiary/aromatic N) is 1. The van der Waals surface area contributed by atoms with Gasteiger partial charge in [0.1, 0.15) is 13.2 Å². The molecule has 0 atom stereocenters. The van der Waals surface area contributed by atoms with Crippen molar-refractivity contribution in [2.24, 2.45) is 0 Å². The third-order valence-electron chi connectivity index (χ3n) is 6.67. The fraction of sp³-hybridized carbons (Fsp3) is 0.444. The van der Waals surface area contributed by atoms with Gasteiger partial charge in [-0.25, -0.2) is 9.59 Å². The third-order valence-corrected chi connectivity index (χ3v) is 6.67. The van der Waals surface area contributed by atoms with Crippen LogP contribution in [-0.4, -0.2) is 66.9 Å². The van der Waals surface area contributed by atoms with Gasteiger partial charge in [0.15, 0.2) is 0 Å². The first kappa shape index (κ1) is 24.7. The van der Waals surface area contributed by atoms with Gasteiger partial charge < -0.3 is 24.8 Å². The maximum atomic E-state index is 12.4. The molecule has 0 bridgehead atoms. The topological polar surface area (TPSA) is 105 Å². The van der Waals surface area contributed by atoms with E-state index in [1.807, 2.05) is 24.3 Å². The van der Waals surface area contributed by atoms with Crippen LogP contribution in [0.2, 0.25) is 0 Å². The van der Waals surface area contributed by atoms with E-state index in [0.717, 1.165) is 0 Å². The Balaban J connectivity index is 1.11. The van der Waals surface area contributed by atoms with Crippen LogP contribution in [0.1, 0.15) is 49.1 Å². The molecule has 2 amide bonds. The number of hydrogen-bond donors (Lipinski definition) is 2. The maximum absolute atomic E-state index is 12.4. The Morgan fingerprint density at radius 3 is 2.20 bits per heavy atom. The van der Waals surface area contributed by atoms with Crippen LogP contribution in [0, 0.1) is 0 Å². The van der Waals surface area contributed by atoms with Crippen molar-refractivity contribution in [3.8, 4) is 11.1 Å². The fourth-order valence-electron chi connectivity index (χ4n) is 4.86. The summed E-state index contributed by atoms with van der Waals surface area (Å²) in [7, 11) is 0. The molecule has 2 N–H and O–H groups in total. The first-order valence-electron chi connectivity index (χ1n) is 12.2. The zero-order chi connectivity index (χ0) is 24.6. The highest BCUT2D eigenvalue weighted by Crippen LogP contribution is 2.44. The molecule has 2 aromatic rings. The number of piperidine rings is 1. The van der Waals surface area contributed by atoms with Gasteiger partial charge in [-0.2, -0.15) is 0 Å². The highest BCUT2D eigenvalue weighted by molar-refractivity contribution is 5.79. The maximum Gasteiger partial charge on any atom is 0.407 e. The van der Waals surface area contributed by atoms with Gasteiger partial charge in [-0.1, -0.05) is 48.5 Å². The number of rotatable bonds is 10. The van der Waals surface area contributed by atoms with Crippen molar-refractivity contribution in [1.29, 1.82) is 0 Å². The lowest BCUT2D eigenvalue weighted by Crippen LogP contribution is -2.41. The monoisotopic (exact) mass is 480 g/mol. The van der Waals surface area contributed by atoms with Gasteiger partial charge in [0.25, 0.3) is 0 Å². The lowest BCUT2D eigenvalue weighted by molar-refractivity contribution is -0.146. The van der Waals surface area contributed by atoms with Crippen LogP contribution in [0.4, 0.5) is 4.79 Å². The zero-order valence-corrected chi connectivity index (χ0v) is 19.8. The van der Waals surface area contributed by atoms with E-state index in [2.05, 4.69) is 29.6 Å².